The number of allylic oxidation sites excluding steroid dienone is 22. The van der Waals surface area contributed by atoms with Gasteiger partial charge >= 0.3 is 17.9 Å². The van der Waals surface area contributed by atoms with E-state index in [4.69, 9.17) is 14.2 Å². The summed E-state index contributed by atoms with van der Waals surface area (Å²) in [5, 5.41) is 0. The second-order valence-electron chi connectivity index (χ2n) is 20.9. The fourth-order valence-electron chi connectivity index (χ4n) is 8.58. The fraction of sp³-hybridized carbons (Fsp3) is 0.653. The van der Waals surface area contributed by atoms with Gasteiger partial charge in [-0.05, 0) is 109 Å². The molecule has 1 atom stereocenters. The Hall–Kier alpha value is -4.45. The lowest BCUT2D eigenvalue weighted by molar-refractivity contribution is -0.167. The summed E-state index contributed by atoms with van der Waals surface area (Å²) in [4.78, 5) is 38.3. The van der Waals surface area contributed by atoms with Crippen molar-refractivity contribution >= 4 is 17.9 Å². The summed E-state index contributed by atoms with van der Waals surface area (Å²) in [6.45, 7) is 6.44. The Balaban J connectivity index is 4.45. The Labute approximate surface area is 481 Å². The third kappa shape index (κ3) is 62.4. The van der Waals surface area contributed by atoms with Crippen LogP contribution < -0.4 is 0 Å². The van der Waals surface area contributed by atoms with Gasteiger partial charge in [0.2, 0.25) is 0 Å². The molecule has 0 saturated carbocycles. The summed E-state index contributed by atoms with van der Waals surface area (Å²) in [6.07, 6.45) is 91.7. The molecular formula is C72H118O6. The molecule has 6 nitrogen and oxygen atoms in total. The highest BCUT2D eigenvalue weighted by Crippen LogP contribution is 2.16. The van der Waals surface area contributed by atoms with Gasteiger partial charge in [-0.25, -0.2) is 0 Å². The molecule has 0 aromatic rings. The van der Waals surface area contributed by atoms with Crippen LogP contribution in [0.2, 0.25) is 0 Å². The zero-order valence-corrected chi connectivity index (χ0v) is 50.6. The number of esters is 3. The Morgan fingerprint density at radius 1 is 0.269 bits per heavy atom. The number of hydrogen-bond acceptors (Lipinski definition) is 6. The molecular weight excluding hydrogens is 961 g/mol. The second kappa shape index (κ2) is 65.1. The zero-order chi connectivity index (χ0) is 56.4. The third-order valence-corrected chi connectivity index (χ3v) is 13.4. The number of carbonyl (C=O) groups excluding carboxylic acids is 3. The summed E-state index contributed by atoms with van der Waals surface area (Å²) >= 11 is 0. The SMILES string of the molecule is CC/C=C\C/C=C\C/C=C\C/C=C\C/C=C\C/C=C\C/C=C\C/C=C\C/C=C\CCCC(=O)OCC(COC(=O)CCCCCCC/C=C\C/C=C\CCCC)OC(=O)CCCCCCCCCCCCCCCCCCC. The van der Waals surface area contributed by atoms with Crippen LogP contribution in [0.5, 0.6) is 0 Å². The van der Waals surface area contributed by atoms with Gasteiger partial charge in [-0.2, -0.15) is 0 Å². The maximum absolute atomic E-state index is 12.9. The molecule has 0 aliphatic carbocycles. The van der Waals surface area contributed by atoms with E-state index in [0.29, 0.717) is 19.3 Å². The van der Waals surface area contributed by atoms with Gasteiger partial charge in [-0.15, -0.1) is 0 Å². The van der Waals surface area contributed by atoms with E-state index in [-0.39, 0.29) is 37.5 Å². The maximum atomic E-state index is 12.9. The van der Waals surface area contributed by atoms with Crippen LogP contribution in [0, 0.1) is 0 Å². The molecule has 0 aromatic heterocycles. The normalized spacial score (nSPS) is 13.0. The molecule has 0 bridgehead atoms. The van der Waals surface area contributed by atoms with E-state index in [1.165, 1.54) is 109 Å². The first-order valence-corrected chi connectivity index (χ1v) is 32.2. The molecule has 0 aliphatic heterocycles. The number of unbranched alkanes of at least 4 members (excludes halogenated alkanes) is 24. The predicted octanol–water partition coefficient (Wildman–Crippen LogP) is 22.2. The minimum Gasteiger partial charge on any atom is -0.462 e. The van der Waals surface area contributed by atoms with Crippen molar-refractivity contribution < 1.29 is 28.6 Å². The quantitative estimate of drug-likeness (QED) is 0.0261. The van der Waals surface area contributed by atoms with Crippen molar-refractivity contribution in [1.29, 1.82) is 0 Å². The molecule has 0 aromatic carbocycles. The summed E-state index contributed by atoms with van der Waals surface area (Å²) in [7, 11) is 0. The molecule has 0 fully saturated rings. The van der Waals surface area contributed by atoms with Crippen LogP contribution in [0.25, 0.3) is 0 Å². The highest BCUT2D eigenvalue weighted by atomic mass is 16.6. The maximum Gasteiger partial charge on any atom is 0.306 e. The lowest BCUT2D eigenvalue weighted by Crippen LogP contribution is -2.30. The predicted molar refractivity (Wildman–Crippen MR) is 339 cm³/mol. The van der Waals surface area contributed by atoms with E-state index in [9.17, 15) is 14.4 Å². The van der Waals surface area contributed by atoms with Crippen molar-refractivity contribution in [3.63, 3.8) is 0 Å². The van der Waals surface area contributed by atoms with E-state index in [1.807, 2.05) is 0 Å². The molecule has 442 valence electrons. The number of carbonyl (C=O) groups is 3. The molecule has 0 saturated heterocycles. The van der Waals surface area contributed by atoms with Gasteiger partial charge in [0.1, 0.15) is 13.2 Å². The number of ether oxygens (including phenoxy) is 3. The molecule has 1 unspecified atom stereocenters. The van der Waals surface area contributed by atoms with Crippen LogP contribution >= 0.6 is 0 Å². The Morgan fingerprint density at radius 3 is 0.872 bits per heavy atom. The van der Waals surface area contributed by atoms with Crippen LogP contribution in [0.4, 0.5) is 0 Å². The Morgan fingerprint density at radius 2 is 0.526 bits per heavy atom. The van der Waals surface area contributed by atoms with Crippen molar-refractivity contribution in [2.75, 3.05) is 13.2 Å². The highest BCUT2D eigenvalue weighted by molar-refractivity contribution is 5.71. The van der Waals surface area contributed by atoms with Gasteiger partial charge in [-0.1, -0.05) is 289 Å². The number of hydrogen-bond donors (Lipinski definition) is 0. The Bertz CT molecular complexity index is 1670. The summed E-state index contributed by atoms with van der Waals surface area (Å²) in [5.41, 5.74) is 0. The standard InChI is InChI=1S/C72H118O6/c1-4-7-10-13-16-19-22-25-28-30-31-32-33-34-35-36-37-38-39-40-41-43-44-47-50-53-56-59-62-65-71(74)77-68-69(67-76-70(73)64-61-58-55-52-49-46-27-24-21-18-15-12-9-6-3)78-72(75)66-63-60-57-54-51-48-45-42-29-26-23-20-17-14-11-8-5-2/h7,10,15-16,18-19,24-25,27-28,31-32,34-35,37-38,40-41,44,47,53,56,69H,4-6,8-9,11-14,17,20-23,26,29-30,33,36,39,42-43,45-46,48-52,54-55,57-68H2,1-3H3/b10-7-,18-15-,19-16-,27-24-,28-25-,32-31-,35-34-,38-37-,41-40-,47-44-,56-53-. The van der Waals surface area contributed by atoms with E-state index in [0.717, 1.165) is 128 Å². The molecule has 0 heterocycles. The van der Waals surface area contributed by atoms with Crippen LogP contribution in [0.1, 0.15) is 284 Å². The van der Waals surface area contributed by atoms with E-state index in [1.54, 1.807) is 0 Å². The van der Waals surface area contributed by atoms with Crippen molar-refractivity contribution in [3.8, 4) is 0 Å². The van der Waals surface area contributed by atoms with Gasteiger partial charge in [-0.3, -0.25) is 14.4 Å². The average Bonchev–Trinajstić information content (AvgIpc) is 3.44. The summed E-state index contributed by atoms with van der Waals surface area (Å²) in [5.74, 6) is -0.975. The largest absolute Gasteiger partial charge is 0.462 e. The van der Waals surface area contributed by atoms with Crippen LogP contribution in [0.15, 0.2) is 134 Å². The first-order valence-electron chi connectivity index (χ1n) is 32.2. The molecule has 0 spiro atoms. The monoisotopic (exact) mass is 1080 g/mol. The fourth-order valence-corrected chi connectivity index (χ4v) is 8.58. The lowest BCUT2D eigenvalue weighted by Gasteiger charge is -2.18. The minimum absolute atomic E-state index is 0.105. The first-order chi connectivity index (χ1) is 38.5. The van der Waals surface area contributed by atoms with Gasteiger partial charge in [0.25, 0.3) is 0 Å². The minimum atomic E-state index is -0.811. The van der Waals surface area contributed by atoms with Crippen LogP contribution in [-0.2, 0) is 28.6 Å². The van der Waals surface area contributed by atoms with Crippen molar-refractivity contribution in [2.24, 2.45) is 0 Å². The lowest BCUT2D eigenvalue weighted by atomic mass is 10.0. The van der Waals surface area contributed by atoms with Crippen molar-refractivity contribution in [1.82, 2.24) is 0 Å². The first kappa shape index (κ1) is 73.5. The average molecular weight is 1080 g/mol. The van der Waals surface area contributed by atoms with E-state index in [2.05, 4.69) is 154 Å². The smallest absolute Gasteiger partial charge is 0.306 e. The van der Waals surface area contributed by atoms with Gasteiger partial charge < -0.3 is 14.2 Å². The Kier molecular flexibility index (Phi) is 61.4. The second-order valence-corrected chi connectivity index (χ2v) is 20.9. The molecule has 0 radical (unpaired) electrons. The molecule has 6 heteroatoms. The van der Waals surface area contributed by atoms with Gasteiger partial charge in [0.15, 0.2) is 6.10 Å². The third-order valence-electron chi connectivity index (χ3n) is 13.4. The van der Waals surface area contributed by atoms with E-state index < -0.39 is 6.10 Å². The zero-order valence-electron chi connectivity index (χ0n) is 50.6. The van der Waals surface area contributed by atoms with Crippen molar-refractivity contribution in [2.45, 2.75) is 290 Å². The highest BCUT2D eigenvalue weighted by Gasteiger charge is 2.19. The molecule has 0 N–H and O–H groups in total. The van der Waals surface area contributed by atoms with Gasteiger partial charge in [0, 0.05) is 19.3 Å². The van der Waals surface area contributed by atoms with Crippen LogP contribution in [0.3, 0.4) is 0 Å². The van der Waals surface area contributed by atoms with Crippen molar-refractivity contribution in [3.05, 3.63) is 134 Å². The molecule has 0 amide bonds. The summed E-state index contributed by atoms with van der Waals surface area (Å²) < 4.78 is 16.9. The van der Waals surface area contributed by atoms with E-state index >= 15 is 0 Å². The number of rotatable bonds is 57. The molecule has 78 heavy (non-hydrogen) atoms. The molecule has 0 aliphatic rings. The van der Waals surface area contributed by atoms with Gasteiger partial charge in [0.05, 0.1) is 0 Å². The van der Waals surface area contributed by atoms with Crippen LogP contribution in [-0.4, -0.2) is 37.2 Å². The molecule has 0 rings (SSSR count). The topological polar surface area (TPSA) is 78.9 Å². The summed E-state index contributed by atoms with van der Waals surface area (Å²) in [6, 6.07) is 0.